The Morgan fingerprint density at radius 3 is 2.11 bits per heavy atom. The van der Waals surface area contributed by atoms with Crippen LogP contribution in [-0.4, -0.2) is 5.97 Å². The Bertz CT molecular complexity index is 673. The van der Waals surface area contributed by atoms with Crippen molar-refractivity contribution in [2.45, 2.75) is 64.4 Å². The average Bonchev–Trinajstić information content (AvgIpc) is 2.73. The molecule has 1 atom stereocenters. The summed E-state index contributed by atoms with van der Waals surface area (Å²) in [4.78, 5) is 11.8. The van der Waals surface area contributed by atoms with E-state index in [0.717, 1.165) is 18.4 Å². The van der Waals surface area contributed by atoms with E-state index >= 15 is 0 Å². The van der Waals surface area contributed by atoms with Crippen LogP contribution in [-0.2, 0) is 9.53 Å². The molecule has 2 aromatic carbocycles. The van der Waals surface area contributed by atoms with Crippen LogP contribution in [0.15, 0.2) is 67.3 Å². The van der Waals surface area contributed by atoms with E-state index in [2.05, 4.69) is 49.9 Å². The summed E-state index contributed by atoms with van der Waals surface area (Å²) < 4.78 is 5.62. The van der Waals surface area contributed by atoms with Gasteiger partial charge in [-0.25, -0.2) is 4.79 Å². The maximum absolute atomic E-state index is 11.8. The second-order valence-corrected chi connectivity index (χ2v) is 7.03. The Morgan fingerprint density at radius 1 is 0.889 bits per heavy atom. The van der Waals surface area contributed by atoms with Crippen molar-refractivity contribution in [1.82, 2.24) is 0 Å². The third kappa shape index (κ3) is 7.42. The molecule has 2 rings (SSSR count). The van der Waals surface area contributed by atoms with E-state index in [1.54, 1.807) is 0 Å². The van der Waals surface area contributed by atoms with Gasteiger partial charge in [-0.15, -0.1) is 0 Å². The van der Waals surface area contributed by atoms with Gasteiger partial charge in [0.15, 0.2) is 0 Å². The van der Waals surface area contributed by atoms with Gasteiger partial charge in [-0.1, -0.05) is 107 Å². The van der Waals surface area contributed by atoms with Crippen LogP contribution in [0.25, 0.3) is 11.1 Å². The number of unbranched alkanes of at least 4 members (excludes halogenated alkanes) is 6. The van der Waals surface area contributed by atoms with Crippen molar-refractivity contribution in [1.29, 1.82) is 0 Å². The second-order valence-electron chi connectivity index (χ2n) is 7.03. The second kappa shape index (κ2) is 12.1. The van der Waals surface area contributed by atoms with Crippen molar-refractivity contribution in [2.24, 2.45) is 0 Å². The van der Waals surface area contributed by atoms with Crippen molar-refractivity contribution >= 4 is 5.97 Å². The number of hydrogen-bond donors (Lipinski definition) is 0. The molecule has 2 nitrogen and oxygen atoms in total. The number of benzene rings is 2. The highest BCUT2D eigenvalue weighted by molar-refractivity contribution is 5.81. The molecule has 144 valence electrons. The van der Waals surface area contributed by atoms with Gasteiger partial charge in [-0.3, -0.25) is 0 Å². The molecule has 0 N–H and O–H groups in total. The number of carbonyl (C=O) groups is 1. The Kier molecular flexibility index (Phi) is 9.40. The van der Waals surface area contributed by atoms with Crippen LogP contribution >= 0.6 is 0 Å². The van der Waals surface area contributed by atoms with Gasteiger partial charge >= 0.3 is 5.97 Å². The molecule has 0 amide bonds. The van der Waals surface area contributed by atoms with Crippen molar-refractivity contribution in [3.63, 3.8) is 0 Å². The van der Waals surface area contributed by atoms with Crippen LogP contribution in [0.5, 0.6) is 0 Å². The molecule has 0 saturated carbocycles. The molecule has 0 aliphatic carbocycles. The standard InChI is InChI=1S/C25H32O2/c1-3-5-6-7-8-9-13-16-24(27-25(26)4-2)23-19-17-22(18-20-23)21-14-11-10-12-15-21/h4,10-12,14-15,17-20,24H,2-3,5-9,13,16H2,1H3. The van der Waals surface area contributed by atoms with Crippen LogP contribution in [0.1, 0.15) is 70.0 Å². The van der Waals surface area contributed by atoms with Gasteiger partial charge in [0.1, 0.15) is 6.10 Å². The minimum Gasteiger partial charge on any atom is -0.454 e. The minimum atomic E-state index is -0.352. The Hall–Kier alpha value is -2.35. The van der Waals surface area contributed by atoms with Crippen LogP contribution in [0.2, 0.25) is 0 Å². The Labute approximate surface area is 164 Å². The van der Waals surface area contributed by atoms with E-state index in [4.69, 9.17) is 4.74 Å². The highest BCUT2D eigenvalue weighted by Crippen LogP contribution is 2.27. The number of hydrogen-bond acceptors (Lipinski definition) is 2. The topological polar surface area (TPSA) is 26.3 Å². The highest BCUT2D eigenvalue weighted by Gasteiger charge is 2.15. The van der Waals surface area contributed by atoms with Crippen molar-refractivity contribution < 1.29 is 9.53 Å². The van der Waals surface area contributed by atoms with Crippen LogP contribution in [0.3, 0.4) is 0 Å². The summed E-state index contributed by atoms with van der Waals surface area (Å²) in [6, 6.07) is 18.6. The maximum Gasteiger partial charge on any atom is 0.330 e. The fraction of sp³-hybridized carbons (Fsp3) is 0.400. The van der Waals surface area contributed by atoms with Gasteiger partial charge in [-0.05, 0) is 29.5 Å². The summed E-state index contributed by atoms with van der Waals surface area (Å²) in [5, 5.41) is 0. The van der Waals surface area contributed by atoms with Crippen LogP contribution < -0.4 is 0 Å². The average molecular weight is 365 g/mol. The Morgan fingerprint density at radius 2 is 1.48 bits per heavy atom. The number of carbonyl (C=O) groups excluding carboxylic acids is 1. The normalized spacial score (nSPS) is 11.7. The number of rotatable bonds is 12. The van der Waals surface area contributed by atoms with E-state index < -0.39 is 0 Å². The van der Waals surface area contributed by atoms with Gasteiger partial charge in [-0.2, -0.15) is 0 Å². The molecule has 0 aromatic heterocycles. The predicted octanol–water partition coefficient (Wildman–Crippen LogP) is 7.26. The molecule has 0 saturated heterocycles. The molecule has 0 radical (unpaired) electrons. The third-order valence-electron chi connectivity index (χ3n) is 4.88. The quantitative estimate of drug-likeness (QED) is 0.225. The minimum absolute atomic E-state index is 0.198. The number of esters is 1. The molecule has 0 bridgehead atoms. The van der Waals surface area contributed by atoms with E-state index in [-0.39, 0.29) is 12.1 Å². The number of ether oxygens (including phenoxy) is 1. The molecule has 0 heterocycles. The molecular formula is C25H32O2. The zero-order valence-electron chi connectivity index (χ0n) is 16.5. The predicted molar refractivity (Wildman–Crippen MR) is 114 cm³/mol. The molecule has 0 spiro atoms. The first-order chi connectivity index (χ1) is 13.2. The van der Waals surface area contributed by atoms with Crippen LogP contribution in [0.4, 0.5) is 0 Å². The molecule has 1 unspecified atom stereocenters. The molecule has 27 heavy (non-hydrogen) atoms. The van der Waals surface area contributed by atoms with Gasteiger partial charge < -0.3 is 4.74 Å². The summed E-state index contributed by atoms with van der Waals surface area (Å²) in [6.07, 6.45) is 10.7. The zero-order chi connectivity index (χ0) is 19.3. The summed E-state index contributed by atoms with van der Waals surface area (Å²) in [5.41, 5.74) is 3.41. The highest BCUT2D eigenvalue weighted by atomic mass is 16.5. The first-order valence-corrected chi connectivity index (χ1v) is 10.2. The first kappa shape index (κ1) is 21.0. The van der Waals surface area contributed by atoms with Gasteiger partial charge in [0.2, 0.25) is 0 Å². The lowest BCUT2D eigenvalue weighted by Crippen LogP contribution is -2.09. The third-order valence-corrected chi connectivity index (χ3v) is 4.88. The lowest BCUT2D eigenvalue weighted by atomic mass is 9.98. The summed E-state index contributed by atoms with van der Waals surface area (Å²) in [6.45, 7) is 5.76. The fourth-order valence-corrected chi connectivity index (χ4v) is 3.29. The summed E-state index contributed by atoms with van der Waals surface area (Å²) in [7, 11) is 0. The van der Waals surface area contributed by atoms with Crippen molar-refractivity contribution in [3.05, 3.63) is 72.8 Å². The SMILES string of the molecule is C=CC(=O)OC(CCCCCCCCC)c1ccc(-c2ccccc2)cc1. The largest absolute Gasteiger partial charge is 0.454 e. The summed E-state index contributed by atoms with van der Waals surface area (Å²) in [5.74, 6) is -0.352. The monoisotopic (exact) mass is 364 g/mol. The van der Waals surface area contributed by atoms with E-state index in [0.29, 0.717) is 0 Å². The molecular weight excluding hydrogens is 332 g/mol. The zero-order valence-corrected chi connectivity index (χ0v) is 16.5. The maximum atomic E-state index is 11.8. The smallest absolute Gasteiger partial charge is 0.330 e. The molecule has 2 heteroatoms. The molecule has 2 aromatic rings. The first-order valence-electron chi connectivity index (χ1n) is 10.2. The van der Waals surface area contributed by atoms with Crippen molar-refractivity contribution in [2.75, 3.05) is 0 Å². The fourth-order valence-electron chi connectivity index (χ4n) is 3.29. The lowest BCUT2D eigenvalue weighted by molar-refractivity contribution is -0.143. The lowest BCUT2D eigenvalue weighted by Gasteiger charge is -2.18. The summed E-state index contributed by atoms with van der Waals surface area (Å²) >= 11 is 0. The van der Waals surface area contributed by atoms with Gasteiger partial charge in [0.05, 0.1) is 0 Å². The van der Waals surface area contributed by atoms with E-state index in [9.17, 15) is 4.79 Å². The Balaban J connectivity index is 1.94. The molecule has 0 aliphatic heterocycles. The van der Waals surface area contributed by atoms with E-state index in [1.165, 1.54) is 55.7 Å². The van der Waals surface area contributed by atoms with E-state index in [1.807, 2.05) is 18.2 Å². The molecule has 0 fully saturated rings. The van der Waals surface area contributed by atoms with Crippen LogP contribution in [0, 0.1) is 0 Å². The van der Waals surface area contributed by atoms with Gasteiger partial charge in [0, 0.05) is 6.08 Å². The van der Waals surface area contributed by atoms with Gasteiger partial charge in [0.25, 0.3) is 0 Å². The van der Waals surface area contributed by atoms with Crippen molar-refractivity contribution in [3.8, 4) is 11.1 Å². The molecule has 0 aliphatic rings.